The monoisotopic (exact) mass is 1940 g/mol. The van der Waals surface area contributed by atoms with Crippen LogP contribution in [0.15, 0.2) is 0 Å². The molecule has 104 heavy (non-hydrogen) atoms. The van der Waals surface area contributed by atoms with Crippen LogP contribution in [-0.2, 0) is 107 Å². The van der Waals surface area contributed by atoms with Gasteiger partial charge in [-0.15, -0.1) is 0 Å². The zero-order chi connectivity index (χ0) is 83.3. The van der Waals surface area contributed by atoms with Crippen LogP contribution in [0.5, 0.6) is 0 Å². The van der Waals surface area contributed by atoms with Crippen molar-refractivity contribution in [2.75, 3.05) is 0 Å². The summed E-state index contributed by atoms with van der Waals surface area (Å²) in [5, 5.41) is 0. The number of hydrogen-bond donors (Lipinski definition) is 0. The molecule has 0 aliphatic carbocycles. The highest BCUT2D eigenvalue weighted by atomic mass is 28.6. The molecule has 0 N–H and O–H groups in total. The lowest BCUT2D eigenvalue weighted by Gasteiger charge is -2.45. The first-order valence-electron chi connectivity index (χ1n) is 36.8. The summed E-state index contributed by atoms with van der Waals surface area (Å²) in [5.41, 5.74) is 0. The highest BCUT2D eigenvalue weighted by Gasteiger charge is 2.55. The van der Waals surface area contributed by atoms with Gasteiger partial charge in [0.15, 0.2) is 16.6 Å². The second kappa shape index (κ2) is 38.9. The predicted octanol–water partition coefficient (Wildman–Crippen LogP) is 16.4. The maximum Gasteiger partial charge on any atom is 0.314 e. The lowest BCUT2D eigenvalue weighted by atomic mass is 11.8. The van der Waals surface area contributed by atoms with E-state index in [1.54, 1.807) is 0 Å². The van der Waals surface area contributed by atoms with Crippen molar-refractivity contribution in [2.24, 2.45) is 0 Å². The van der Waals surface area contributed by atoms with E-state index in [4.69, 9.17) is 107 Å². The fraction of sp³-hybridized carbons (Fsp3) is 1.00. The van der Waals surface area contributed by atoms with Crippen LogP contribution >= 0.6 is 0 Å². The summed E-state index contributed by atoms with van der Waals surface area (Å²) in [6.07, 6.45) is 0. The molecule has 0 spiro atoms. The molecule has 0 amide bonds. The van der Waals surface area contributed by atoms with Crippen molar-refractivity contribution in [3.63, 3.8) is 0 Å². The first kappa shape index (κ1) is 109. The normalized spacial score (nSPS) is 17.2. The highest BCUT2D eigenvalue weighted by Crippen LogP contribution is 2.36. The molecule has 0 aliphatic heterocycles. The van der Waals surface area contributed by atoms with Gasteiger partial charge in [0.1, 0.15) is 0 Å². The van der Waals surface area contributed by atoms with E-state index in [2.05, 4.69) is 295 Å². The molecule has 0 radical (unpaired) electrons. The first-order valence-corrected chi connectivity index (χ1v) is 110. The van der Waals surface area contributed by atoms with Gasteiger partial charge in [0.05, 0.1) is 0 Å². The average Bonchev–Trinajstić information content (AvgIpc) is 0.808. The summed E-state index contributed by atoms with van der Waals surface area (Å²) in [7, 11) is -69.6. The quantitative estimate of drug-likeness (QED) is 0.0514. The fourth-order valence-electron chi connectivity index (χ4n) is 14.5. The Morgan fingerprint density at radius 3 is 0.346 bits per heavy atom. The zero-order valence-electron chi connectivity index (χ0n) is 75.5. The highest BCUT2D eigenvalue weighted by molar-refractivity contribution is 6.97. The third kappa shape index (κ3) is 52.6. The van der Waals surface area contributed by atoms with Crippen molar-refractivity contribution in [3.8, 4) is 0 Å². The molecule has 0 aromatic rings. The molecule has 0 aromatic heterocycles. The van der Waals surface area contributed by atoms with E-state index in [1.807, 2.05) is 39.3 Å². The third-order valence-corrected chi connectivity index (χ3v) is 112. The Hall–Kier alpha value is 4.82. The second-order valence-corrected chi connectivity index (χ2v) is 131. The lowest BCUT2D eigenvalue weighted by molar-refractivity contribution is 0.248. The molecule has 0 saturated carbocycles. The summed E-state index contributed by atoms with van der Waals surface area (Å²) in [6, 6.07) is 0. The van der Waals surface area contributed by atoms with Gasteiger partial charge in [0, 0.05) is 0 Å². The molecule has 0 saturated heterocycles. The van der Waals surface area contributed by atoms with Crippen molar-refractivity contribution in [1.82, 2.24) is 0 Å². The molecule has 0 fully saturated rings. The average molecular weight is 1950 g/mol. The SMILES string of the molecule is C[SiH](O[SiH](C)O[SiH](C)O[Si](C)(C)C)O[SiH](C)O[SiH](C)O[Si](C)(C)O[Si](C)(C)O[Si](C)(C)O[Si](C)(C)O[Si](C)(C)O[Si](C)(C)O[Si](C)(C)O[Si](C)(C)O[Si](C)(C)O[Si](C)(C)O[Si](C)(C)O[Si](C)(C)O[Si](C)(C)O[Si](C)(C)O[Si](C)(C)O[Si](C)(C)O[Si](C)(C)O[Si](C)(C)O[Si](C)(C)O[Si](C)(C)O[Si](C)(C)C. The summed E-state index contributed by atoms with van der Waals surface area (Å²) in [6.45, 7) is 106. The maximum atomic E-state index is 6.99. The predicted molar refractivity (Wildman–Crippen MR) is 490 cm³/mol. The minimum Gasteiger partial charge on any atom is -0.439 e. The van der Waals surface area contributed by atoms with Crippen molar-refractivity contribution >= 4 is 234 Å². The molecule has 5 atom stereocenters. The molecule has 0 rings (SSSR count). The molecule has 0 aliphatic rings. The number of hydrogen-bond acceptors (Lipinski definition) is 26. The van der Waals surface area contributed by atoms with Gasteiger partial charge in [-0.3, -0.25) is 0 Å². The van der Waals surface area contributed by atoms with E-state index in [9.17, 15) is 0 Å². The smallest absolute Gasteiger partial charge is 0.314 e. The van der Waals surface area contributed by atoms with Crippen LogP contribution < -0.4 is 0 Å². The Kier molecular flexibility index (Phi) is 40.7. The molecule has 0 bridgehead atoms. The van der Waals surface area contributed by atoms with Gasteiger partial charge in [-0.1, -0.05) is 0 Å². The van der Waals surface area contributed by atoms with Gasteiger partial charge in [0.2, 0.25) is 0 Å². The van der Waals surface area contributed by atoms with E-state index >= 15 is 0 Å². The summed E-state index contributed by atoms with van der Waals surface area (Å²) < 4.78 is 176. The van der Waals surface area contributed by atoms with Crippen molar-refractivity contribution < 1.29 is 107 Å². The van der Waals surface area contributed by atoms with Crippen molar-refractivity contribution in [3.05, 3.63) is 0 Å². The molecule has 53 heteroatoms. The van der Waals surface area contributed by atoms with E-state index in [-0.39, 0.29) is 0 Å². The van der Waals surface area contributed by atoms with E-state index in [1.165, 1.54) is 0 Å². The Balaban J connectivity index is 5.79. The van der Waals surface area contributed by atoms with Crippen LogP contribution in [0.2, 0.25) is 334 Å². The van der Waals surface area contributed by atoms with Crippen LogP contribution in [0.4, 0.5) is 0 Å². The topological polar surface area (TPSA) is 240 Å². The van der Waals surface area contributed by atoms with Gasteiger partial charge in [-0.25, -0.2) is 0 Å². The third-order valence-electron chi connectivity index (χ3n) is 12.4. The van der Waals surface area contributed by atoms with E-state index in [0.717, 1.165) is 0 Å². The van der Waals surface area contributed by atoms with Crippen LogP contribution in [0.3, 0.4) is 0 Å². The standard InChI is InChI=1S/C51H158O26Si27/c1-78(52-79(2)54-81(4)56-83(6,7)8)53-80(3)55-82(5)57-85(12,13)59-87(16,17)61-89(20,21)63-91(24,25)65-93(28,29)67-95(32,33)69-97(36,37)71-99(40,41)73-101(44,45)75-103(48,49)77-104(50,51)76-102(46,47)74-100(42,43)72-98(38,39)70-96(34,35)68-94(30,31)66-92(26,27)64-90(22,23)62-88(18,19)60-86(14,15)58-84(9,10)11/h78-82H,1-51H3. The molecule has 626 valence electrons. The molecule has 5 unspecified atom stereocenters. The van der Waals surface area contributed by atoms with E-state index < -0.39 is 234 Å². The molecule has 0 heterocycles. The molecular formula is C51H158O26Si27. The van der Waals surface area contributed by atoms with Crippen molar-refractivity contribution in [1.29, 1.82) is 0 Å². The lowest BCUT2D eigenvalue weighted by Crippen LogP contribution is -2.63. The largest absolute Gasteiger partial charge is 0.439 e. The van der Waals surface area contributed by atoms with Crippen LogP contribution in [0.25, 0.3) is 0 Å². The maximum absolute atomic E-state index is 6.99. The van der Waals surface area contributed by atoms with Gasteiger partial charge in [0.25, 0.3) is 46.4 Å². The van der Waals surface area contributed by atoms with Crippen molar-refractivity contribution in [2.45, 2.75) is 334 Å². The van der Waals surface area contributed by atoms with Crippen LogP contribution in [0.1, 0.15) is 0 Å². The Labute approximate surface area is 669 Å². The summed E-state index contributed by atoms with van der Waals surface area (Å²) in [4.78, 5) is 0. The van der Waals surface area contributed by atoms with Crippen LogP contribution in [0, 0.1) is 0 Å². The minimum absolute atomic E-state index is 1.67. The second-order valence-electron chi connectivity index (χ2n) is 37.9. The molecule has 26 nitrogen and oxygen atoms in total. The van der Waals surface area contributed by atoms with Crippen LogP contribution in [-0.4, -0.2) is 234 Å². The number of rotatable bonds is 52. The van der Waals surface area contributed by atoms with Gasteiger partial charge >= 0.3 is 171 Å². The van der Waals surface area contributed by atoms with Gasteiger partial charge in [-0.2, -0.15) is 0 Å². The van der Waals surface area contributed by atoms with Gasteiger partial charge in [-0.05, 0) is 334 Å². The van der Waals surface area contributed by atoms with E-state index in [0.29, 0.717) is 0 Å². The fourth-order valence-corrected chi connectivity index (χ4v) is 141. The van der Waals surface area contributed by atoms with Gasteiger partial charge < -0.3 is 107 Å². The summed E-state index contributed by atoms with van der Waals surface area (Å²) in [5.74, 6) is 0. The first-order chi connectivity index (χ1) is 44.8. The minimum atomic E-state index is -2.91. The Bertz CT molecular complexity index is 2630. The summed E-state index contributed by atoms with van der Waals surface area (Å²) >= 11 is 0. The molecule has 0 aromatic carbocycles. The molecular weight excluding hydrogens is 1790 g/mol. The Morgan fingerprint density at radius 1 is 0.115 bits per heavy atom. The zero-order valence-corrected chi connectivity index (χ0v) is 103. The Morgan fingerprint density at radius 2 is 0.221 bits per heavy atom.